The molecule has 0 spiro atoms. The smallest absolute Gasteiger partial charge is 0.334 e. The van der Waals surface area contributed by atoms with Gasteiger partial charge in [-0.3, -0.25) is 0 Å². The van der Waals surface area contributed by atoms with Gasteiger partial charge in [-0.1, -0.05) is 34.6 Å². The van der Waals surface area contributed by atoms with Gasteiger partial charge in [0.2, 0.25) is 0 Å². The van der Waals surface area contributed by atoms with Crippen molar-refractivity contribution < 1.29 is 14.3 Å². The first-order valence-corrected chi connectivity index (χ1v) is 8.87. The molecule has 0 saturated carbocycles. The zero-order valence-corrected chi connectivity index (χ0v) is 12.7. The Morgan fingerprint density at radius 2 is 1.56 bits per heavy atom. The number of rotatable bonds is 5. The Hall–Kier alpha value is -0.353. The first kappa shape index (κ1) is 15.6. The Bertz CT molecular complexity index is 249. The molecule has 3 nitrogen and oxygen atoms in total. The number of carboxylic acids is 1. The van der Waals surface area contributed by atoms with Gasteiger partial charge in [0.05, 0.1) is 0 Å². The average molecular weight is 246 g/mol. The van der Waals surface area contributed by atoms with Crippen LogP contribution in [0.2, 0.25) is 18.1 Å². The maximum atomic E-state index is 11.4. The Morgan fingerprint density at radius 1 is 1.19 bits per heavy atom. The van der Waals surface area contributed by atoms with Crippen LogP contribution in [0, 0.1) is 0 Å². The standard InChI is InChI=1S/C12H26O3Si/c1-8-12(9-2,10(13)14)15-16(6,7)11(3,4)5/h8-9H2,1-7H3,(H,13,14). The summed E-state index contributed by atoms with van der Waals surface area (Å²) in [5.41, 5.74) is -0.997. The molecule has 0 amide bonds. The van der Waals surface area contributed by atoms with E-state index in [0.717, 1.165) is 0 Å². The minimum absolute atomic E-state index is 0.0397. The summed E-state index contributed by atoms with van der Waals surface area (Å²) >= 11 is 0. The van der Waals surface area contributed by atoms with Crippen LogP contribution in [0.25, 0.3) is 0 Å². The molecule has 1 N–H and O–H groups in total. The van der Waals surface area contributed by atoms with Crippen LogP contribution >= 0.6 is 0 Å². The molecule has 0 rings (SSSR count). The van der Waals surface area contributed by atoms with Crippen molar-refractivity contribution in [2.24, 2.45) is 0 Å². The molecule has 96 valence electrons. The Labute approximate surface area is 100 Å². The molecular weight excluding hydrogens is 220 g/mol. The van der Waals surface area contributed by atoms with E-state index in [9.17, 15) is 9.90 Å². The van der Waals surface area contributed by atoms with Crippen molar-refractivity contribution >= 4 is 14.3 Å². The molecule has 0 saturated heterocycles. The van der Waals surface area contributed by atoms with E-state index in [-0.39, 0.29) is 5.04 Å². The molecule has 0 atom stereocenters. The largest absolute Gasteiger partial charge is 0.479 e. The van der Waals surface area contributed by atoms with Crippen LogP contribution in [0.3, 0.4) is 0 Å². The fourth-order valence-corrected chi connectivity index (χ4v) is 3.04. The maximum Gasteiger partial charge on any atom is 0.334 e. The van der Waals surface area contributed by atoms with Crippen LogP contribution < -0.4 is 0 Å². The molecule has 0 aromatic heterocycles. The van der Waals surface area contributed by atoms with E-state index in [2.05, 4.69) is 33.9 Å². The zero-order valence-electron chi connectivity index (χ0n) is 11.7. The van der Waals surface area contributed by atoms with Crippen LogP contribution in [-0.4, -0.2) is 25.0 Å². The van der Waals surface area contributed by atoms with Gasteiger partial charge in [0.1, 0.15) is 0 Å². The van der Waals surface area contributed by atoms with Crippen molar-refractivity contribution in [1.82, 2.24) is 0 Å². The summed E-state index contributed by atoms with van der Waals surface area (Å²) in [5, 5.41) is 9.39. The van der Waals surface area contributed by atoms with E-state index in [1.807, 2.05) is 13.8 Å². The number of carboxylic acid groups (broad SMARTS) is 1. The van der Waals surface area contributed by atoms with E-state index in [1.165, 1.54) is 0 Å². The Morgan fingerprint density at radius 3 is 1.75 bits per heavy atom. The third-order valence-corrected chi connectivity index (χ3v) is 8.30. The van der Waals surface area contributed by atoms with Gasteiger partial charge < -0.3 is 9.53 Å². The number of aliphatic carboxylic acids is 1. The van der Waals surface area contributed by atoms with Crippen LogP contribution in [0.5, 0.6) is 0 Å². The minimum atomic E-state index is -2.03. The second kappa shape index (κ2) is 4.88. The monoisotopic (exact) mass is 246 g/mol. The van der Waals surface area contributed by atoms with Crippen molar-refractivity contribution in [3.63, 3.8) is 0 Å². The van der Waals surface area contributed by atoms with E-state index in [1.54, 1.807) is 0 Å². The van der Waals surface area contributed by atoms with Crippen LogP contribution in [0.4, 0.5) is 0 Å². The molecule has 0 aromatic rings. The summed E-state index contributed by atoms with van der Waals surface area (Å²) in [4.78, 5) is 11.4. The van der Waals surface area contributed by atoms with Gasteiger partial charge in [-0.2, -0.15) is 0 Å². The number of carbonyl (C=O) groups is 1. The molecule has 16 heavy (non-hydrogen) atoms. The highest BCUT2D eigenvalue weighted by Crippen LogP contribution is 2.40. The number of hydrogen-bond acceptors (Lipinski definition) is 2. The molecular formula is C12H26O3Si. The lowest BCUT2D eigenvalue weighted by atomic mass is 9.98. The summed E-state index contributed by atoms with van der Waals surface area (Å²) in [6.45, 7) is 14.3. The molecule has 0 heterocycles. The topological polar surface area (TPSA) is 46.5 Å². The third-order valence-electron chi connectivity index (χ3n) is 3.79. The highest BCUT2D eigenvalue weighted by atomic mass is 28.4. The summed E-state index contributed by atoms with van der Waals surface area (Å²) in [7, 11) is -2.03. The molecule has 4 heteroatoms. The second-order valence-electron chi connectivity index (χ2n) is 5.87. The van der Waals surface area contributed by atoms with Gasteiger partial charge in [0.15, 0.2) is 13.9 Å². The van der Waals surface area contributed by atoms with Crippen LogP contribution in [0.15, 0.2) is 0 Å². The van der Waals surface area contributed by atoms with Crippen molar-refractivity contribution in [2.45, 2.75) is 71.2 Å². The summed E-state index contributed by atoms with van der Waals surface area (Å²) in [6, 6.07) is 0. The highest BCUT2D eigenvalue weighted by Gasteiger charge is 2.47. The highest BCUT2D eigenvalue weighted by molar-refractivity contribution is 6.74. The first-order valence-electron chi connectivity index (χ1n) is 5.96. The van der Waals surface area contributed by atoms with Crippen molar-refractivity contribution in [3.8, 4) is 0 Å². The number of hydrogen-bond donors (Lipinski definition) is 1. The van der Waals surface area contributed by atoms with Crippen molar-refractivity contribution in [2.75, 3.05) is 0 Å². The van der Waals surface area contributed by atoms with E-state index < -0.39 is 19.9 Å². The quantitative estimate of drug-likeness (QED) is 0.753. The fraction of sp³-hybridized carbons (Fsp3) is 0.917. The van der Waals surface area contributed by atoms with Crippen LogP contribution in [0.1, 0.15) is 47.5 Å². The van der Waals surface area contributed by atoms with Crippen molar-refractivity contribution in [1.29, 1.82) is 0 Å². The molecule has 0 aromatic carbocycles. The van der Waals surface area contributed by atoms with Gasteiger partial charge >= 0.3 is 5.97 Å². The predicted molar refractivity (Wildman–Crippen MR) is 69.2 cm³/mol. The Kier molecular flexibility index (Phi) is 4.77. The maximum absolute atomic E-state index is 11.4. The van der Waals surface area contributed by atoms with Gasteiger partial charge in [-0.15, -0.1) is 0 Å². The van der Waals surface area contributed by atoms with E-state index in [0.29, 0.717) is 12.8 Å². The van der Waals surface area contributed by atoms with Crippen molar-refractivity contribution in [3.05, 3.63) is 0 Å². The fourth-order valence-electron chi connectivity index (χ4n) is 1.38. The summed E-state index contributed by atoms with van der Waals surface area (Å²) in [5.74, 6) is -0.831. The zero-order chi connectivity index (χ0) is 13.2. The lowest BCUT2D eigenvalue weighted by Crippen LogP contribution is -2.53. The molecule has 0 aliphatic carbocycles. The molecule has 0 bridgehead atoms. The molecule has 0 aliphatic heterocycles. The molecule has 0 unspecified atom stereocenters. The normalized spacial score (nSPS) is 13.9. The van der Waals surface area contributed by atoms with Gasteiger partial charge in [0, 0.05) is 0 Å². The average Bonchev–Trinajstić information content (AvgIpc) is 2.12. The second-order valence-corrected chi connectivity index (χ2v) is 10.6. The SMILES string of the molecule is CCC(CC)(O[Si](C)(C)C(C)(C)C)C(=O)O. The minimum Gasteiger partial charge on any atom is -0.479 e. The lowest BCUT2D eigenvalue weighted by molar-refractivity contribution is -0.157. The summed E-state index contributed by atoms with van der Waals surface area (Å²) in [6.07, 6.45) is 1.04. The molecule has 0 radical (unpaired) electrons. The van der Waals surface area contributed by atoms with E-state index >= 15 is 0 Å². The summed E-state index contributed by atoms with van der Waals surface area (Å²) < 4.78 is 6.09. The van der Waals surface area contributed by atoms with Crippen LogP contribution in [-0.2, 0) is 9.22 Å². The third kappa shape index (κ3) is 3.07. The lowest BCUT2D eigenvalue weighted by Gasteiger charge is -2.43. The molecule has 0 fully saturated rings. The predicted octanol–water partition coefficient (Wildman–Crippen LogP) is 3.65. The Balaban J connectivity index is 5.12. The van der Waals surface area contributed by atoms with E-state index in [4.69, 9.17) is 4.43 Å². The molecule has 0 aliphatic rings. The van der Waals surface area contributed by atoms with Gasteiger partial charge in [-0.05, 0) is 31.0 Å². The first-order chi connectivity index (χ1) is 7.02. The van der Waals surface area contributed by atoms with Gasteiger partial charge in [-0.25, -0.2) is 4.79 Å². The van der Waals surface area contributed by atoms with Gasteiger partial charge in [0.25, 0.3) is 0 Å².